The van der Waals surface area contributed by atoms with Gasteiger partial charge in [0.15, 0.2) is 0 Å². The lowest BCUT2D eigenvalue weighted by molar-refractivity contribution is -0.120. The van der Waals surface area contributed by atoms with Gasteiger partial charge in [0.1, 0.15) is 17.2 Å². The topological polar surface area (TPSA) is 60.8 Å². The van der Waals surface area contributed by atoms with Crippen molar-refractivity contribution in [2.75, 3.05) is 0 Å². The van der Waals surface area contributed by atoms with Gasteiger partial charge >= 0.3 is 0 Å². The molecule has 0 N–H and O–H groups in total. The Bertz CT molecular complexity index is 1070. The van der Waals surface area contributed by atoms with Gasteiger partial charge in [-0.15, -0.1) is 5.10 Å². The van der Waals surface area contributed by atoms with Crippen LogP contribution in [0.5, 0.6) is 0 Å². The second-order valence-electron chi connectivity index (χ2n) is 8.26. The van der Waals surface area contributed by atoms with Crippen LogP contribution in [0.2, 0.25) is 0 Å². The summed E-state index contributed by atoms with van der Waals surface area (Å²) in [5.41, 5.74) is 1.72. The quantitative estimate of drug-likeness (QED) is 0.650. The van der Waals surface area contributed by atoms with Gasteiger partial charge in [0.2, 0.25) is 0 Å². The Kier molecular flexibility index (Phi) is 4.00. The van der Waals surface area contributed by atoms with E-state index in [4.69, 9.17) is 4.74 Å². The molecule has 2 aliphatic carbocycles. The number of aromatic nitrogens is 4. The molecule has 5 rings (SSSR count). The van der Waals surface area contributed by atoms with Crippen molar-refractivity contribution in [1.82, 2.24) is 20.2 Å². The molecule has 0 amide bonds. The van der Waals surface area contributed by atoms with Crippen LogP contribution in [0.1, 0.15) is 49.6 Å². The van der Waals surface area contributed by atoms with E-state index in [1.807, 2.05) is 0 Å². The minimum absolute atomic E-state index is 0.141. The summed E-state index contributed by atoms with van der Waals surface area (Å²) in [6.45, 7) is 4.63. The van der Waals surface area contributed by atoms with Crippen LogP contribution in [-0.4, -0.2) is 20.2 Å². The summed E-state index contributed by atoms with van der Waals surface area (Å²) in [6, 6.07) is 5.59. The molecule has 5 nitrogen and oxygen atoms in total. The van der Waals surface area contributed by atoms with Gasteiger partial charge in [-0.2, -0.15) is 5.10 Å². The van der Waals surface area contributed by atoms with Crippen LogP contribution in [0.4, 0.5) is 8.78 Å². The second kappa shape index (κ2) is 6.35. The highest BCUT2D eigenvalue weighted by Crippen LogP contribution is 2.68. The third-order valence-electron chi connectivity index (χ3n) is 6.58. The van der Waals surface area contributed by atoms with Crippen LogP contribution >= 0.6 is 0 Å². The highest BCUT2D eigenvalue weighted by molar-refractivity contribution is 5.62. The average molecular weight is 394 g/mol. The van der Waals surface area contributed by atoms with E-state index in [0.717, 1.165) is 29.8 Å². The van der Waals surface area contributed by atoms with Gasteiger partial charge < -0.3 is 4.74 Å². The molecule has 1 aromatic carbocycles. The fourth-order valence-electron chi connectivity index (χ4n) is 5.06. The Morgan fingerprint density at radius 2 is 1.93 bits per heavy atom. The van der Waals surface area contributed by atoms with Gasteiger partial charge in [-0.05, 0) is 42.5 Å². The molecular weight excluding hydrogens is 374 g/mol. The molecule has 7 heteroatoms. The zero-order chi connectivity index (χ0) is 20.2. The van der Waals surface area contributed by atoms with Crippen LogP contribution in [0.15, 0.2) is 42.9 Å². The van der Waals surface area contributed by atoms with Gasteiger partial charge in [-0.3, -0.25) is 9.97 Å². The third kappa shape index (κ3) is 2.53. The average Bonchev–Trinajstić information content (AvgIpc) is 3.08. The lowest BCUT2D eigenvalue weighted by atomic mass is 9.77. The maximum absolute atomic E-state index is 14.3. The molecule has 0 saturated heterocycles. The summed E-state index contributed by atoms with van der Waals surface area (Å²) in [6.07, 6.45) is 6.68. The largest absolute Gasteiger partial charge is 0.362 e. The zero-order valence-corrected chi connectivity index (χ0v) is 16.2. The lowest BCUT2D eigenvalue weighted by Crippen LogP contribution is -2.38. The zero-order valence-electron chi connectivity index (χ0n) is 16.2. The molecule has 0 spiro atoms. The second-order valence-corrected chi connectivity index (χ2v) is 8.26. The van der Waals surface area contributed by atoms with Gasteiger partial charge in [0, 0.05) is 17.8 Å². The molecule has 0 radical (unpaired) electrons. The number of hydrogen-bond acceptors (Lipinski definition) is 5. The van der Waals surface area contributed by atoms with Crippen molar-refractivity contribution in [2.24, 2.45) is 5.41 Å². The van der Waals surface area contributed by atoms with Crippen LogP contribution in [-0.2, 0) is 16.9 Å². The van der Waals surface area contributed by atoms with Gasteiger partial charge in [0.05, 0.1) is 35.4 Å². The Balaban J connectivity index is 1.57. The van der Waals surface area contributed by atoms with E-state index in [-0.39, 0.29) is 22.6 Å². The van der Waals surface area contributed by atoms with E-state index in [9.17, 15) is 8.78 Å². The molecule has 3 aromatic rings. The summed E-state index contributed by atoms with van der Waals surface area (Å²) in [5, 5.41) is 8.62. The molecule has 0 aliphatic heterocycles. The Labute approximate surface area is 167 Å². The first-order valence-corrected chi connectivity index (χ1v) is 9.65. The number of nitrogens with zero attached hydrogens (tertiary/aromatic N) is 4. The highest BCUT2D eigenvalue weighted by atomic mass is 19.1. The summed E-state index contributed by atoms with van der Waals surface area (Å²) in [7, 11) is 0. The number of halogens is 2. The monoisotopic (exact) mass is 394 g/mol. The van der Waals surface area contributed by atoms with Crippen molar-refractivity contribution in [3.8, 4) is 11.3 Å². The molecular formula is C22H20F2N4O. The van der Waals surface area contributed by atoms with Gasteiger partial charge in [-0.25, -0.2) is 8.78 Å². The van der Waals surface area contributed by atoms with Crippen LogP contribution < -0.4 is 0 Å². The summed E-state index contributed by atoms with van der Waals surface area (Å²) in [4.78, 5) is 8.38. The summed E-state index contributed by atoms with van der Waals surface area (Å²) in [5.74, 6) is -1.10. The van der Waals surface area contributed by atoms with E-state index in [1.54, 1.807) is 24.7 Å². The van der Waals surface area contributed by atoms with E-state index < -0.39 is 17.2 Å². The molecule has 148 valence electrons. The fourth-order valence-corrected chi connectivity index (χ4v) is 5.06. The smallest absolute Gasteiger partial charge is 0.135 e. The van der Waals surface area contributed by atoms with Crippen molar-refractivity contribution in [3.63, 3.8) is 0 Å². The number of ether oxygens (including phenoxy) is 1. The van der Waals surface area contributed by atoms with E-state index in [2.05, 4.69) is 34.0 Å². The van der Waals surface area contributed by atoms with Crippen molar-refractivity contribution in [2.45, 2.75) is 44.8 Å². The predicted molar refractivity (Wildman–Crippen MR) is 102 cm³/mol. The number of fused-ring (bicyclic) bond motifs is 5. The van der Waals surface area contributed by atoms with E-state index >= 15 is 0 Å². The maximum Gasteiger partial charge on any atom is 0.135 e. The molecule has 2 aromatic heterocycles. The SMILES string of the molecule is CC1(C)[C@H]2CC[C@]1(OCc1cnccn1)c1nnc(-c3c(F)cccc3F)cc12. The maximum atomic E-state index is 14.3. The standard InChI is InChI=1S/C22H20F2N4O/c1-21(2)15-6-7-22(21,29-12-13-11-25-8-9-26-13)20-14(15)10-18(27-28-20)19-16(23)4-3-5-17(19)24/h3-5,8-11,15H,6-7,12H2,1-2H3/t15-,22-/m0/s1. The molecule has 0 unspecified atom stereocenters. The first kappa shape index (κ1) is 18.2. The van der Waals surface area contributed by atoms with Crippen molar-refractivity contribution in [3.05, 3.63) is 71.4 Å². The Morgan fingerprint density at radius 3 is 2.66 bits per heavy atom. The normalized spacial score (nSPS) is 23.9. The molecule has 2 heterocycles. The van der Waals surface area contributed by atoms with Crippen LogP contribution in [0.3, 0.4) is 0 Å². The lowest BCUT2D eigenvalue weighted by Gasteiger charge is -2.37. The molecule has 1 saturated carbocycles. The highest BCUT2D eigenvalue weighted by Gasteiger charge is 2.64. The van der Waals surface area contributed by atoms with Crippen molar-refractivity contribution < 1.29 is 13.5 Å². The van der Waals surface area contributed by atoms with Crippen LogP contribution in [0, 0.1) is 17.0 Å². The first-order chi connectivity index (χ1) is 13.9. The molecule has 2 aliphatic rings. The van der Waals surface area contributed by atoms with Crippen molar-refractivity contribution in [1.29, 1.82) is 0 Å². The summed E-state index contributed by atoms with van der Waals surface area (Å²) >= 11 is 0. The molecule has 2 bridgehead atoms. The van der Waals surface area contributed by atoms with Crippen molar-refractivity contribution >= 4 is 0 Å². The predicted octanol–water partition coefficient (Wildman–Crippen LogP) is 4.54. The van der Waals surface area contributed by atoms with E-state index in [0.29, 0.717) is 6.61 Å². The Morgan fingerprint density at radius 1 is 1.14 bits per heavy atom. The minimum Gasteiger partial charge on any atom is -0.362 e. The van der Waals surface area contributed by atoms with Crippen LogP contribution in [0.25, 0.3) is 11.3 Å². The van der Waals surface area contributed by atoms with Gasteiger partial charge in [0.25, 0.3) is 0 Å². The minimum atomic E-state index is -0.643. The molecule has 1 fully saturated rings. The first-order valence-electron chi connectivity index (χ1n) is 9.65. The number of hydrogen-bond donors (Lipinski definition) is 0. The number of rotatable bonds is 4. The molecule has 29 heavy (non-hydrogen) atoms. The molecule has 2 atom stereocenters. The fraction of sp³-hybridized carbons (Fsp3) is 0.364. The van der Waals surface area contributed by atoms with Gasteiger partial charge in [-0.1, -0.05) is 19.9 Å². The summed E-state index contributed by atoms with van der Waals surface area (Å²) < 4.78 is 35.0. The third-order valence-corrected chi connectivity index (χ3v) is 6.58. The Hall–Kier alpha value is -2.80. The van der Waals surface area contributed by atoms with E-state index in [1.165, 1.54) is 18.2 Å². The number of benzene rings is 1.